The molecule has 2 aliphatic carbocycles. The van der Waals surface area contributed by atoms with E-state index in [1.54, 1.807) is 19.3 Å². The fourth-order valence-electron chi connectivity index (χ4n) is 2.94. The van der Waals surface area contributed by atoms with Gasteiger partial charge in [-0.15, -0.1) is 0 Å². The van der Waals surface area contributed by atoms with Crippen molar-refractivity contribution in [1.82, 2.24) is 0 Å². The van der Waals surface area contributed by atoms with Crippen molar-refractivity contribution in [3.63, 3.8) is 0 Å². The van der Waals surface area contributed by atoms with Gasteiger partial charge in [-0.05, 0) is 37.0 Å². The van der Waals surface area contributed by atoms with Crippen LogP contribution in [0.3, 0.4) is 0 Å². The van der Waals surface area contributed by atoms with Gasteiger partial charge in [-0.1, -0.05) is 26.2 Å². The lowest BCUT2D eigenvalue weighted by Gasteiger charge is -2.20. The highest BCUT2D eigenvalue weighted by Crippen LogP contribution is 2.63. The number of hydrogen-bond donors (Lipinski definition) is 0. The minimum absolute atomic E-state index is 0.896. The monoisotopic (exact) mass is 138 g/mol. The first-order chi connectivity index (χ1) is 4.87. The summed E-state index contributed by atoms with van der Waals surface area (Å²) >= 11 is 0. The summed E-state index contributed by atoms with van der Waals surface area (Å²) in [6.45, 7) is 2.33. The Morgan fingerprint density at radius 2 is 2.30 bits per heavy atom. The van der Waals surface area contributed by atoms with Crippen LogP contribution in [0.4, 0.5) is 0 Å². The lowest BCUT2D eigenvalue weighted by Crippen LogP contribution is -2.08. The molecule has 0 bridgehead atoms. The Morgan fingerprint density at radius 3 is 3.00 bits per heavy atom. The molecule has 58 valence electrons. The van der Waals surface area contributed by atoms with Gasteiger partial charge in [0, 0.05) is 0 Å². The van der Waals surface area contributed by atoms with Crippen LogP contribution in [0.25, 0.3) is 0 Å². The predicted octanol–water partition coefficient (Wildman–Crippen LogP) is 3.37. The van der Waals surface area contributed by atoms with Gasteiger partial charge in [0.1, 0.15) is 0 Å². The maximum Gasteiger partial charge on any atom is -0.0266 e. The molecule has 0 spiro atoms. The molecule has 0 N–H and O–H groups in total. The Labute approximate surface area is 64.0 Å². The van der Waals surface area contributed by atoms with E-state index in [0.29, 0.717) is 0 Å². The molecule has 0 heteroatoms. The van der Waals surface area contributed by atoms with Crippen molar-refractivity contribution in [2.24, 2.45) is 11.3 Å². The Balaban J connectivity index is 1.92. The molecular weight excluding hydrogens is 120 g/mol. The number of hydrogen-bond acceptors (Lipinski definition) is 0. The van der Waals surface area contributed by atoms with Gasteiger partial charge in [0.15, 0.2) is 0 Å². The normalized spacial score (nSPS) is 44.7. The molecule has 0 aromatic heterocycles. The molecule has 2 fully saturated rings. The molecule has 0 aromatic rings. The second kappa shape index (κ2) is 2.25. The van der Waals surface area contributed by atoms with Crippen molar-refractivity contribution in [3.05, 3.63) is 0 Å². The van der Waals surface area contributed by atoms with Crippen molar-refractivity contribution in [1.29, 1.82) is 0 Å². The van der Waals surface area contributed by atoms with Gasteiger partial charge in [-0.25, -0.2) is 0 Å². The van der Waals surface area contributed by atoms with Crippen LogP contribution in [0, 0.1) is 11.3 Å². The van der Waals surface area contributed by atoms with Crippen molar-refractivity contribution in [2.45, 2.75) is 51.9 Å². The van der Waals surface area contributed by atoms with Crippen LogP contribution < -0.4 is 0 Å². The molecule has 10 heavy (non-hydrogen) atoms. The van der Waals surface area contributed by atoms with E-state index >= 15 is 0 Å². The Morgan fingerprint density at radius 1 is 1.40 bits per heavy atom. The lowest BCUT2D eigenvalue weighted by atomic mass is 9.85. The second-order valence-electron chi connectivity index (χ2n) is 4.26. The third-order valence-corrected chi connectivity index (χ3v) is 3.58. The first-order valence-electron chi connectivity index (χ1n) is 4.87. The predicted molar refractivity (Wildman–Crippen MR) is 43.9 cm³/mol. The summed E-state index contributed by atoms with van der Waals surface area (Å²) in [5.74, 6) is 1.17. The zero-order valence-corrected chi connectivity index (χ0v) is 7.03. The Kier molecular flexibility index (Phi) is 1.51. The quantitative estimate of drug-likeness (QED) is 0.549. The molecule has 0 aromatic carbocycles. The van der Waals surface area contributed by atoms with Crippen molar-refractivity contribution < 1.29 is 0 Å². The first-order valence-corrected chi connectivity index (χ1v) is 4.87. The van der Waals surface area contributed by atoms with E-state index in [-0.39, 0.29) is 0 Å². The molecule has 2 atom stereocenters. The van der Waals surface area contributed by atoms with Crippen LogP contribution in [-0.2, 0) is 0 Å². The smallest absolute Gasteiger partial charge is 0.0266 e. The summed E-state index contributed by atoms with van der Waals surface area (Å²) in [5, 5.41) is 0. The van der Waals surface area contributed by atoms with E-state index in [1.807, 2.05) is 0 Å². The molecule has 2 unspecified atom stereocenters. The summed E-state index contributed by atoms with van der Waals surface area (Å²) < 4.78 is 0. The third-order valence-electron chi connectivity index (χ3n) is 3.58. The van der Waals surface area contributed by atoms with E-state index < -0.39 is 0 Å². The van der Waals surface area contributed by atoms with E-state index in [9.17, 15) is 0 Å². The van der Waals surface area contributed by atoms with Gasteiger partial charge in [-0.2, -0.15) is 0 Å². The van der Waals surface area contributed by atoms with Crippen LogP contribution in [-0.4, -0.2) is 0 Å². The van der Waals surface area contributed by atoms with Gasteiger partial charge in [-0.3, -0.25) is 0 Å². The Bertz CT molecular complexity index is 124. The summed E-state index contributed by atoms with van der Waals surface area (Å²) in [6.07, 6.45) is 10.7. The van der Waals surface area contributed by atoms with Gasteiger partial charge in [0.2, 0.25) is 0 Å². The topological polar surface area (TPSA) is 0 Å². The molecule has 0 saturated heterocycles. The number of fused-ring (bicyclic) bond motifs is 1. The van der Waals surface area contributed by atoms with Gasteiger partial charge >= 0.3 is 0 Å². The van der Waals surface area contributed by atoms with E-state index in [1.165, 1.54) is 31.6 Å². The molecular formula is C10H18. The average Bonchev–Trinajstić information content (AvgIpc) is 2.62. The highest BCUT2D eigenvalue weighted by atomic mass is 14.6. The summed E-state index contributed by atoms with van der Waals surface area (Å²) in [5.41, 5.74) is 0.896. The molecule has 0 heterocycles. The van der Waals surface area contributed by atoms with Crippen LogP contribution in [0.15, 0.2) is 0 Å². The first kappa shape index (κ1) is 6.69. The maximum absolute atomic E-state index is 2.33. The zero-order chi connectivity index (χ0) is 7.03. The molecule has 0 nitrogen and oxygen atoms in total. The standard InChI is InChI=1S/C10H18/c1-2-6-10-7-4-3-5-9(10)8-10/h9H,2-8H2,1H3. The van der Waals surface area contributed by atoms with E-state index in [0.717, 1.165) is 5.41 Å². The SMILES string of the molecule is CCCC12CCCCC1C2. The molecule has 2 saturated carbocycles. The summed E-state index contributed by atoms with van der Waals surface area (Å²) in [7, 11) is 0. The van der Waals surface area contributed by atoms with Gasteiger partial charge in [0.05, 0.1) is 0 Å². The minimum Gasteiger partial charge on any atom is -0.0654 e. The van der Waals surface area contributed by atoms with Crippen LogP contribution in [0.1, 0.15) is 51.9 Å². The average molecular weight is 138 g/mol. The highest BCUT2D eigenvalue weighted by molar-refractivity contribution is 5.03. The maximum atomic E-state index is 2.33. The van der Waals surface area contributed by atoms with Crippen LogP contribution in [0.2, 0.25) is 0 Å². The largest absolute Gasteiger partial charge is 0.0654 e. The van der Waals surface area contributed by atoms with Crippen molar-refractivity contribution >= 4 is 0 Å². The fourth-order valence-corrected chi connectivity index (χ4v) is 2.94. The van der Waals surface area contributed by atoms with E-state index in [4.69, 9.17) is 0 Å². The third kappa shape index (κ3) is 0.889. The van der Waals surface area contributed by atoms with Crippen molar-refractivity contribution in [3.8, 4) is 0 Å². The summed E-state index contributed by atoms with van der Waals surface area (Å²) in [4.78, 5) is 0. The zero-order valence-electron chi connectivity index (χ0n) is 7.03. The number of rotatable bonds is 2. The molecule has 0 amide bonds. The summed E-state index contributed by atoms with van der Waals surface area (Å²) in [6, 6.07) is 0. The molecule has 0 aliphatic heterocycles. The minimum atomic E-state index is 0.896. The van der Waals surface area contributed by atoms with E-state index in [2.05, 4.69) is 6.92 Å². The van der Waals surface area contributed by atoms with Crippen LogP contribution >= 0.6 is 0 Å². The van der Waals surface area contributed by atoms with Gasteiger partial charge in [0.25, 0.3) is 0 Å². The molecule has 0 radical (unpaired) electrons. The molecule has 2 aliphatic rings. The molecule has 2 rings (SSSR count). The second-order valence-corrected chi connectivity index (χ2v) is 4.26. The lowest BCUT2D eigenvalue weighted by molar-refractivity contribution is 0.314. The highest BCUT2D eigenvalue weighted by Gasteiger charge is 2.53. The van der Waals surface area contributed by atoms with Crippen LogP contribution in [0.5, 0.6) is 0 Å². The Hall–Kier alpha value is 0. The fraction of sp³-hybridized carbons (Fsp3) is 1.00. The van der Waals surface area contributed by atoms with Crippen molar-refractivity contribution in [2.75, 3.05) is 0 Å². The van der Waals surface area contributed by atoms with Gasteiger partial charge < -0.3 is 0 Å².